The van der Waals surface area contributed by atoms with Gasteiger partial charge in [0.15, 0.2) is 0 Å². The molecule has 0 aliphatic carbocycles. The van der Waals surface area contributed by atoms with Crippen LogP contribution < -0.4 is 10.6 Å². The molecule has 6 heteroatoms. The minimum Gasteiger partial charge on any atom is -0.333 e. The van der Waals surface area contributed by atoms with Crippen molar-refractivity contribution in [3.8, 4) is 0 Å². The van der Waals surface area contributed by atoms with Crippen LogP contribution in [0.4, 0.5) is 5.69 Å². The maximum Gasteiger partial charge on any atom is 0.244 e. The zero-order chi connectivity index (χ0) is 16.7. The lowest BCUT2D eigenvalue weighted by molar-refractivity contribution is -0.139. The van der Waals surface area contributed by atoms with E-state index in [-0.39, 0.29) is 36.7 Å². The first-order chi connectivity index (χ1) is 11.1. The molecule has 0 radical (unpaired) electrons. The Morgan fingerprint density at radius 3 is 2.54 bits per heavy atom. The van der Waals surface area contributed by atoms with Crippen molar-refractivity contribution in [3.63, 3.8) is 0 Å². The fourth-order valence-electron chi connectivity index (χ4n) is 2.94. The van der Waals surface area contributed by atoms with Gasteiger partial charge in [0.1, 0.15) is 0 Å². The second kappa shape index (κ2) is 10.3. The number of nitrogens with one attached hydrogen (secondary N) is 2. The number of hydrogen-bond acceptors (Lipinski definition) is 3. The van der Waals surface area contributed by atoms with Gasteiger partial charge in [0, 0.05) is 18.2 Å². The summed E-state index contributed by atoms with van der Waals surface area (Å²) < 4.78 is 0. The minimum absolute atomic E-state index is 0. The van der Waals surface area contributed by atoms with Crippen molar-refractivity contribution in [3.05, 3.63) is 29.8 Å². The standard InChI is InChI=1S/C18H27N3O2.ClH/c1-3-12-21(18(23)15-8-10-19-11-9-15)13-17(22)20-16-7-5-4-6-14(16)2;/h4-7,15,19H,3,8-13H2,1-2H3,(H,20,22);1H. The van der Waals surface area contributed by atoms with Crippen LogP contribution in [0.5, 0.6) is 0 Å². The molecule has 1 aromatic carbocycles. The average molecular weight is 354 g/mol. The minimum atomic E-state index is -0.130. The van der Waals surface area contributed by atoms with Crippen LogP contribution in [0.25, 0.3) is 0 Å². The lowest BCUT2D eigenvalue weighted by Gasteiger charge is -2.29. The summed E-state index contributed by atoms with van der Waals surface area (Å²) in [6, 6.07) is 7.67. The molecule has 0 unspecified atom stereocenters. The molecule has 0 saturated carbocycles. The summed E-state index contributed by atoms with van der Waals surface area (Å²) in [5.41, 5.74) is 1.83. The highest BCUT2D eigenvalue weighted by Gasteiger charge is 2.26. The number of hydrogen-bond donors (Lipinski definition) is 2. The number of carbonyl (C=O) groups excluding carboxylic acids is 2. The highest BCUT2D eigenvalue weighted by molar-refractivity contribution is 5.95. The number of halogens is 1. The Kier molecular flexibility index (Phi) is 8.79. The van der Waals surface area contributed by atoms with Gasteiger partial charge < -0.3 is 15.5 Å². The van der Waals surface area contributed by atoms with E-state index >= 15 is 0 Å². The van der Waals surface area contributed by atoms with Crippen molar-refractivity contribution in [1.82, 2.24) is 10.2 Å². The second-order valence-electron chi connectivity index (χ2n) is 6.15. The van der Waals surface area contributed by atoms with Crippen molar-refractivity contribution < 1.29 is 9.59 Å². The largest absolute Gasteiger partial charge is 0.333 e. The van der Waals surface area contributed by atoms with Gasteiger partial charge in [0.25, 0.3) is 0 Å². The zero-order valence-electron chi connectivity index (χ0n) is 14.5. The molecule has 1 aliphatic heterocycles. The van der Waals surface area contributed by atoms with Gasteiger partial charge in [-0.3, -0.25) is 9.59 Å². The normalized spacial score (nSPS) is 14.6. The third-order valence-corrected chi connectivity index (χ3v) is 4.25. The van der Waals surface area contributed by atoms with Crippen molar-refractivity contribution in [2.45, 2.75) is 33.1 Å². The molecule has 1 heterocycles. The fraction of sp³-hybridized carbons (Fsp3) is 0.556. The molecule has 2 N–H and O–H groups in total. The number of piperidine rings is 1. The predicted molar refractivity (Wildman–Crippen MR) is 99.5 cm³/mol. The molecule has 1 saturated heterocycles. The first-order valence-electron chi connectivity index (χ1n) is 8.46. The molecule has 1 aliphatic rings. The van der Waals surface area contributed by atoms with E-state index in [1.165, 1.54) is 0 Å². The van der Waals surface area contributed by atoms with Crippen LogP contribution in [-0.4, -0.2) is 42.9 Å². The number of rotatable bonds is 6. The lowest BCUT2D eigenvalue weighted by atomic mass is 9.96. The third-order valence-electron chi connectivity index (χ3n) is 4.25. The number of nitrogens with zero attached hydrogens (tertiary/aromatic N) is 1. The smallest absolute Gasteiger partial charge is 0.244 e. The summed E-state index contributed by atoms with van der Waals surface area (Å²) in [6.07, 6.45) is 2.57. The molecule has 0 spiro atoms. The summed E-state index contributed by atoms with van der Waals surface area (Å²) in [6.45, 7) is 6.51. The van der Waals surface area contributed by atoms with Crippen LogP contribution in [0.3, 0.4) is 0 Å². The van der Waals surface area contributed by atoms with Gasteiger partial charge in [-0.05, 0) is 50.9 Å². The summed E-state index contributed by atoms with van der Waals surface area (Å²) in [4.78, 5) is 26.7. The van der Waals surface area contributed by atoms with Gasteiger partial charge in [-0.1, -0.05) is 25.1 Å². The molecule has 2 rings (SSSR count). The number of benzene rings is 1. The molecular formula is C18H28ClN3O2. The lowest BCUT2D eigenvalue weighted by Crippen LogP contribution is -2.44. The van der Waals surface area contributed by atoms with Gasteiger partial charge in [-0.15, -0.1) is 12.4 Å². The van der Waals surface area contributed by atoms with E-state index in [0.717, 1.165) is 43.6 Å². The van der Waals surface area contributed by atoms with Gasteiger partial charge in [-0.25, -0.2) is 0 Å². The quantitative estimate of drug-likeness (QED) is 0.826. The molecule has 0 aromatic heterocycles. The maximum atomic E-state index is 12.7. The highest BCUT2D eigenvalue weighted by Crippen LogP contribution is 2.16. The predicted octanol–water partition coefficient (Wildman–Crippen LogP) is 2.59. The van der Waals surface area contributed by atoms with E-state index in [2.05, 4.69) is 10.6 Å². The molecule has 24 heavy (non-hydrogen) atoms. The average Bonchev–Trinajstić information content (AvgIpc) is 2.57. The molecular weight excluding hydrogens is 326 g/mol. The zero-order valence-corrected chi connectivity index (χ0v) is 15.3. The molecule has 0 bridgehead atoms. The van der Waals surface area contributed by atoms with Crippen LogP contribution in [0.15, 0.2) is 24.3 Å². The number of amides is 2. The van der Waals surface area contributed by atoms with E-state index in [4.69, 9.17) is 0 Å². The van der Waals surface area contributed by atoms with Crippen LogP contribution in [-0.2, 0) is 9.59 Å². The first-order valence-corrected chi connectivity index (χ1v) is 8.46. The highest BCUT2D eigenvalue weighted by atomic mass is 35.5. The first kappa shape index (κ1) is 20.5. The monoisotopic (exact) mass is 353 g/mol. The Labute approximate surface area is 150 Å². The Bertz CT molecular complexity index is 545. The van der Waals surface area contributed by atoms with Crippen molar-refractivity contribution in [2.75, 3.05) is 31.5 Å². The van der Waals surface area contributed by atoms with Crippen LogP contribution >= 0.6 is 12.4 Å². The summed E-state index contributed by atoms with van der Waals surface area (Å²) >= 11 is 0. The molecule has 5 nitrogen and oxygen atoms in total. The van der Waals surface area contributed by atoms with Crippen LogP contribution in [0, 0.1) is 12.8 Å². The topological polar surface area (TPSA) is 61.4 Å². The van der Waals surface area contributed by atoms with Gasteiger partial charge in [-0.2, -0.15) is 0 Å². The Morgan fingerprint density at radius 2 is 1.92 bits per heavy atom. The maximum absolute atomic E-state index is 12.7. The summed E-state index contributed by atoms with van der Waals surface area (Å²) in [7, 11) is 0. The van der Waals surface area contributed by atoms with Gasteiger partial charge >= 0.3 is 0 Å². The van der Waals surface area contributed by atoms with E-state index in [1.807, 2.05) is 38.1 Å². The third kappa shape index (κ3) is 5.80. The van der Waals surface area contributed by atoms with Crippen molar-refractivity contribution >= 4 is 29.9 Å². The van der Waals surface area contributed by atoms with E-state index in [0.29, 0.717) is 6.54 Å². The number of anilines is 1. The number of carbonyl (C=O) groups is 2. The molecule has 1 fully saturated rings. The Balaban J connectivity index is 0.00000288. The van der Waals surface area contributed by atoms with E-state index in [9.17, 15) is 9.59 Å². The fourth-order valence-corrected chi connectivity index (χ4v) is 2.94. The van der Waals surface area contributed by atoms with Gasteiger partial charge in [0.2, 0.25) is 11.8 Å². The molecule has 134 valence electrons. The summed E-state index contributed by atoms with van der Waals surface area (Å²) in [5.74, 6) is 0.0392. The SMILES string of the molecule is CCCN(CC(=O)Nc1ccccc1C)C(=O)C1CCNCC1.Cl. The van der Waals surface area contributed by atoms with Gasteiger partial charge in [0.05, 0.1) is 6.54 Å². The number of para-hydroxylation sites is 1. The number of aryl methyl sites for hydroxylation is 1. The Morgan fingerprint density at radius 1 is 1.25 bits per heavy atom. The second-order valence-corrected chi connectivity index (χ2v) is 6.15. The molecule has 1 aromatic rings. The van der Waals surface area contributed by atoms with E-state index in [1.54, 1.807) is 4.90 Å². The summed E-state index contributed by atoms with van der Waals surface area (Å²) in [5, 5.41) is 6.18. The van der Waals surface area contributed by atoms with Crippen LogP contribution in [0.1, 0.15) is 31.7 Å². The molecule has 2 amide bonds. The van der Waals surface area contributed by atoms with Crippen LogP contribution in [0.2, 0.25) is 0 Å². The Hall–Kier alpha value is -1.59. The van der Waals surface area contributed by atoms with Crippen molar-refractivity contribution in [2.24, 2.45) is 5.92 Å². The van der Waals surface area contributed by atoms with Crippen molar-refractivity contribution in [1.29, 1.82) is 0 Å². The molecule has 0 atom stereocenters. The van der Waals surface area contributed by atoms with E-state index < -0.39 is 0 Å².